The third-order valence-electron chi connectivity index (χ3n) is 3.83. The predicted octanol–water partition coefficient (Wildman–Crippen LogP) is 4.72. The van der Waals surface area contributed by atoms with E-state index in [0.29, 0.717) is 40.1 Å². The van der Waals surface area contributed by atoms with Crippen LogP contribution in [0.15, 0.2) is 54.6 Å². The average molecular weight is 372 g/mol. The summed E-state index contributed by atoms with van der Waals surface area (Å²) >= 11 is 5.95. The molecule has 1 N–H and O–H groups in total. The van der Waals surface area contributed by atoms with Gasteiger partial charge >= 0.3 is 0 Å². The number of hydrogen-bond donors (Lipinski definition) is 1. The molecule has 0 fully saturated rings. The van der Waals surface area contributed by atoms with Gasteiger partial charge in [-0.25, -0.2) is 9.07 Å². The Morgan fingerprint density at radius 2 is 1.88 bits per heavy atom. The molecular formula is C20H19ClFN3O. The van der Waals surface area contributed by atoms with Crippen LogP contribution in [0.4, 0.5) is 4.39 Å². The number of carbonyl (C=O) groups is 1. The molecule has 3 rings (SSSR count). The highest BCUT2D eigenvalue weighted by Crippen LogP contribution is 2.24. The van der Waals surface area contributed by atoms with Crippen LogP contribution in [0.5, 0.6) is 0 Å². The van der Waals surface area contributed by atoms with Crippen LogP contribution in [0.1, 0.15) is 24.3 Å². The first-order valence-electron chi connectivity index (χ1n) is 8.35. The Labute approximate surface area is 156 Å². The molecule has 0 bridgehead atoms. The van der Waals surface area contributed by atoms with Gasteiger partial charge in [-0.1, -0.05) is 37.6 Å². The van der Waals surface area contributed by atoms with Gasteiger partial charge < -0.3 is 5.32 Å². The molecule has 3 aromatic rings. The Bertz CT molecular complexity index is 919. The lowest BCUT2D eigenvalue weighted by molar-refractivity contribution is 0.0941. The van der Waals surface area contributed by atoms with Gasteiger partial charge in [0.15, 0.2) is 0 Å². The van der Waals surface area contributed by atoms with Crippen molar-refractivity contribution >= 4 is 17.5 Å². The van der Waals surface area contributed by atoms with Gasteiger partial charge in [-0.15, -0.1) is 0 Å². The van der Waals surface area contributed by atoms with Crippen molar-refractivity contribution in [3.63, 3.8) is 0 Å². The summed E-state index contributed by atoms with van der Waals surface area (Å²) in [6.07, 6.45) is 0. The van der Waals surface area contributed by atoms with Crippen LogP contribution >= 0.6 is 11.6 Å². The Morgan fingerprint density at radius 1 is 1.19 bits per heavy atom. The molecule has 1 heterocycles. The summed E-state index contributed by atoms with van der Waals surface area (Å²) in [4.78, 5) is 12.6. The van der Waals surface area contributed by atoms with Crippen molar-refractivity contribution < 1.29 is 9.18 Å². The maximum atomic E-state index is 14.2. The Kier molecular flexibility index (Phi) is 5.38. The molecule has 0 unspecified atom stereocenters. The van der Waals surface area contributed by atoms with E-state index in [2.05, 4.69) is 10.4 Å². The number of nitrogens with one attached hydrogen (secondary N) is 1. The van der Waals surface area contributed by atoms with Crippen molar-refractivity contribution in [1.29, 1.82) is 0 Å². The summed E-state index contributed by atoms with van der Waals surface area (Å²) in [7, 11) is 0. The second-order valence-electron chi connectivity index (χ2n) is 6.39. The normalized spacial score (nSPS) is 11.0. The van der Waals surface area contributed by atoms with Crippen LogP contribution in [0.3, 0.4) is 0 Å². The van der Waals surface area contributed by atoms with Crippen LogP contribution in [0, 0.1) is 11.7 Å². The molecule has 0 saturated carbocycles. The van der Waals surface area contributed by atoms with Gasteiger partial charge in [0.25, 0.3) is 5.91 Å². The molecule has 0 aliphatic rings. The van der Waals surface area contributed by atoms with Crippen LogP contribution < -0.4 is 5.32 Å². The Balaban J connectivity index is 2.07. The van der Waals surface area contributed by atoms with E-state index in [1.165, 1.54) is 10.7 Å². The second-order valence-corrected chi connectivity index (χ2v) is 6.82. The van der Waals surface area contributed by atoms with Gasteiger partial charge in [0.1, 0.15) is 11.5 Å². The molecule has 4 nitrogen and oxygen atoms in total. The molecule has 0 atom stereocenters. The molecule has 0 saturated heterocycles. The highest BCUT2D eigenvalue weighted by Gasteiger charge is 2.19. The number of carbonyl (C=O) groups excluding carboxylic acids is 1. The van der Waals surface area contributed by atoms with Crippen LogP contribution in [-0.2, 0) is 0 Å². The van der Waals surface area contributed by atoms with Crippen molar-refractivity contribution in [2.75, 3.05) is 6.54 Å². The first kappa shape index (κ1) is 18.1. The zero-order valence-corrected chi connectivity index (χ0v) is 15.3. The maximum Gasteiger partial charge on any atom is 0.270 e. The standard InChI is InChI=1S/C20H19ClFN3O/c1-13(2)12-23-20(26)19-11-18(16-5-3-4-6-17(16)22)24-25(19)15-9-7-14(21)8-10-15/h3-11,13H,12H2,1-2H3,(H,23,26). The number of benzene rings is 2. The zero-order valence-electron chi connectivity index (χ0n) is 14.5. The minimum atomic E-state index is -0.387. The van der Waals surface area contributed by atoms with Crippen molar-refractivity contribution in [3.05, 3.63) is 71.1 Å². The fraction of sp³-hybridized carbons (Fsp3) is 0.200. The minimum absolute atomic E-state index is 0.260. The number of aromatic nitrogens is 2. The SMILES string of the molecule is CC(C)CNC(=O)c1cc(-c2ccccc2F)nn1-c1ccc(Cl)cc1. The number of nitrogens with zero attached hydrogens (tertiary/aromatic N) is 2. The van der Waals surface area contributed by atoms with E-state index in [4.69, 9.17) is 11.6 Å². The highest BCUT2D eigenvalue weighted by atomic mass is 35.5. The predicted molar refractivity (Wildman–Crippen MR) is 101 cm³/mol. The van der Waals surface area contributed by atoms with Crippen LogP contribution in [0.2, 0.25) is 5.02 Å². The summed E-state index contributed by atoms with van der Waals surface area (Å²) in [6.45, 7) is 4.57. The van der Waals surface area contributed by atoms with E-state index in [1.807, 2.05) is 13.8 Å². The fourth-order valence-corrected chi connectivity index (χ4v) is 2.64. The smallest absolute Gasteiger partial charge is 0.270 e. The van der Waals surface area contributed by atoms with E-state index < -0.39 is 0 Å². The minimum Gasteiger partial charge on any atom is -0.350 e. The number of amides is 1. The summed E-state index contributed by atoms with van der Waals surface area (Å²) < 4.78 is 15.7. The van der Waals surface area contributed by atoms with Gasteiger partial charge in [0.05, 0.1) is 11.4 Å². The third kappa shape index (κ3) is 3.94. The molecule has 1 amide bonds. The van der Waals surface area contributed by atoms with Gasteiger partial charge in [-0.3, -0.25) is 4.79 Å². The van der Waals surface area contributed by atoms with Crippen molar-refractivity contribution in [2.45, 2.75) is 13.8 Å². The number of hydrogen-bond acceptors (Lipinski definition) is 2. The second kappa shape index (κ2) is 7.70. The van der Waals surface area contributed by atoms with E-state index in [1.54, 1.807) is 48.5 Å². The molecular weight excluding hydrogens is 353 g/mol. The number of halogens is 2. The lowest BCUT2D eigenvalue weighted by Crippen LogP contribution is -2.29. The van der Waals surface area contributed by atoms with E-state index >= 15 is 0 Å². The van der Waals surface area contributed by atoms with E-state index in [0.717, 1.165) is 0 Å². The van der Waals surface area contributed by atoms with Gasteiger partial charge in [0, 0.05) is 17.1 Å². The largest absolute Gasteiger partial charge is 0.350 e. The summed E-state index contributed by atoms with van der Waals surface area (Å²) in [5.41, 5.74) is 1.75. The van der Waals surface area contributed by atoms with E-state index in [9.17, 15) is 9.18 Å². The van der Waals surface area contributed by atoms with Crippen LogP contribution in [0.25, 0.3) is 16.9 Å². The molecule has 2 aromatic carbocycles. The zero-order chi connectivity index (χ0) is 18.7. The Hall–Kier alpha value is -2.66. The Morgan fingerprint density at radius 3 is 2.54 bits per heavy atom. The first-order valence-corrected chi connectivity index (χ1v) is 8.72. The topological polar surface area (TPSA) is 46.9 Å². The van der Waals surface area contributed by atoms with E-state index in [-0.39, 0.29) is 11.7 Å². The lowest BCUT2D eigenvalue weighted by Gasteiger charge is -2.09. The van der Waals surface area contributed by atoms with Crippen molar-refractivity contribution in [2.24, 2.45) is 5.92 Å². The highest BCUT2D eigenvalue weighted by molar-refractivity contribution is 6.30. The average Bonchev–Trinajstić information content (AvgIpc) is 3.06. The molecule has 1 aromatic heterocycles. The van der Waals surface area contributed by atoms with Crippen molar-refractivity contribution in [1.82, 2.24) is 15.1 Å². The maximum absolute atomic E-state index is 14.2. The lowest BCUT2D eigenvalue weighted by atomic mass is 10.1. The summed E-state index contributed by atoms with van der Waals surface area (Å²) in [5, 5.41) is 7.93. The molecule has 0 aliphatic carbocycles. The summed E-state index contributed by atoms with van der Waals surface area (Å²) in [5.74, 6) is -0.331. The molecule has 0 aliphatic heterocycles. The van der Waals surface area contributed by atoms with Gasteiger partial charge in [0.2, 0.25) is 0 Å². The molecule has 0 radical (unpaired) electrons. The van der Waals surface area contributed by atoms with Crippen LogP contribution in [-0.4, -0.2) is 22.2 Å². The van der Waals surface area contributed by atoms with Crippen molar-refractivity contribution in [3.8, 4) is 16.9 Å². The molecule has 26 heavy (non-hydrogen) atoms. The number of rotatable bonds is 5. The summed E-state index contributed by atoms with van der Waals surface area (Å²) in [6, 6.07) is 14.9. The van der Waals surface area contributed by atoms with Gasteiger partial charge in [-0.05, 0) is 48.4 Å². The third-order valence-corrected chi connectivity index (χ3v) is 4.09. The molecule has 134 valence electrons. The monoisotopic (exact) mass is 371 g/mol. The molecule has 0 spiro atoms. The van der Waals surface area contributed by atoms with Gasteiger partial charge in [-0.2, -0.15) is 5.10 Å². The quantitative estimate of drug-likeness (QED) is 0.705. The molecule has 6 heteroatoms. The fourth-order valence-electron chi connectivity index (χ4n) is 2.51. The first-order chi connectivity index (χ1) is 12.5.